The first-order chi connectivity index (χ1) is 8.22. The lowest BCUT2D eigenvalue weighted by atomic mass is 10.4. The van der Waals surface area contributed by atoms with E-state index in [2.05, 4.69) is 41.5 Å². The fourth-order valence-corrected chi connectivity index (χ4v) is 1.45. The molecule has 0 aliphatic carbocycles. The molecule has 0 fully saturated rings. The second kappa shape index (κ2) is 7.70. The van der Waals surface area contributed by atoms with Gasteiger partial charge >= 0.3 is 0 Å². The lowest BCUT2D eigenvalue weighted by Gasteiger charge is -2.13. The number of aliphatic imine (C=N–C) groups is 1. The molecule has 0 atom stereocenters. The average Bonchev–Trinajstić information content (AvgIpc) is 2.76. The number of hydrogen-bond acceptors (Lipinski definition) is 2. The normalized spacial score (nSPS) is 11.9. The molecule has 0 aromatic carbocycles. The van der Waals surface area contributed by atoms with Gasteiger partial charge in [-0.05, 0) is 33.3 Å². The predicted molar refractivity (Wildman–Crippen MR) is 71.1 cm³/mol. The van der Waals surface area contributed by atoms with E-state index in [1.807, 2.05) is 16.9 Å². The van der Waals surface area contributed by atoms with Crippen molar-refractivity contribution >= 4 is 5.96 Å². The number of guanidine groups is 1. The van der Waals surface area contributed by atoms with Gasteiger partial charge in [0.15, 0.2) is 5.96 Å². The third kappa shape index (κ3) is 5.94. The molecule has 5 nitrogen and oxygen atoms in total. The second-order valence-corrected chi connectivity index (χ2v) is 4.18. The Morgan fingerprint density at radius 1 is 1.47 bits per heavy atom. The maximum atomic E-state index is 4.51. The Labute approximate surface area is 103 Å². The summed E-state index contributed by atoms with van der Waals surface area (Å²) in [5, 5.41) is 10.7. The molecule has 0 radical (unpaired) electrons. The first-order valence-electron chi connectivity index (χ1n) is 6.24. The molecule has 0 aliphatic heterocycles. The lowest BCUT2D eigenvalue weighted by Crippen LogP contribution is -2.41. The standard InChI is InChI=1S/C12H23N5/c1-4-13-12(16-11(2)3)14-7-5-9-17-10-6-8-15-17/h6,8,10-11H,4-5,7,9H2,1-3H3,(H2,13,14,16). The van der Waals surface area contributed by atoms with E-state index in [1.165, 1.54) is 0 Å². The Morgan fingerprint density at radius 2 is 2.29 bits per heavy atom. The molecule has 0 saturated heterocycles. The van der Waals surface area contributed by atoms with E-state index in [1.54, 1.807) is 6.20 Å². The highest BCUT2D eigenvalue weighted by Crippen LogP contribution is 1.90. The number of aryl methyl sites for hydroxylation is 1. The van der Waals surface area contributed by atoms with Crippen LogP contribution in [-0.4, -0.2) is 34.9 Å². The first kappa shape index (κ1) is 13.5. The highest BCUT2D eigenvalue weighted by Gasteiger charge is 1.98. The molecule has 1 rings (SSSR count). The van der Waals surface area contributed by atoms with Crippen LogP contribution in [0, 0.1) is 0 Å². The monoisotopic (exact) mass is 237 g/mol. The van der Waals surface area contributed by atoms with E-state index in [0.29, 0.717) is 6.04 Å². The van der Waals surface area contributed by atoms with Gasteiger partial charge in [0, 0.05) is 38.1 Å². The molecule has 2 N–H and O–H groups in total. The van der Waals surface area contributed by atoms with Gasteiger partial charge in [-0.15, -0.1) is 0 Å². The fraction of sp³-hybridized carbons (Fsp3) is 0.667. The maximum absolute atomic E-state index is 4.51. The Morgan fingerprint density at radius 3 is 2.88 bits per heavy atom. The molecule has 96 valence electrons. The van der Waals surface area contributed by atoms with Crippen LogP contribution in [0.2, 0.25) is 0 Å². The van der Waals surface area contributed by atoms with Crippen LogP contribution in [0.25, 0.3) is 0 Å². The largest absolute Gasteiger partial charge is 0.357 e. The zero-order valence-electron chi connectivity index (χ0n) is 11.0. The SMILES string of the molecule is CCNC(=NCCCn1cccn1)NC(C)C. The summed E-state index contributed by atoms with van der Waals surface area (Å²) in [4.78, 5) is 4.51. The van der Waals surface area contributed by atoms with Crippen molar-refractivity contribution in [1.29, 1.82) is 0 Å². The van der Waals surface area contributed by atoms with Gasteiger partial charge in [0.1, 0.15) is 0 Å². The third-order valence-electron chi connectivity index (χ3n) is 2.14. The molecule has 0 spiro atoms. The summed E-state index contributed by atoms with van der Waals surface area (Å²) < 4.78 is 1.93. The number of hydrogen-bond donors (Lipinski definition) is 2. The van der Waals surface area contributed by atoms with E-state index >= 15 is 0 Å². The van der Waals surface area contributed by atoms with Crippen LogP contribution >= 0.6 is 0 Å². The quantitative estimate of drug-likeness (QED) is 0.444. The van der Waals surface area contributed by atoms with Crippen LogP contribution in [0.3, 0.4) is 0 Å². The minimum Gasteiger partial charge on any atom is -0.357 e. The molecule has 0 aliphatic rings. The van der Waals surface area contributed by atoms with Crippen LogP contribution in [0.4, 0.5) is 0 Å². The smallest absolute Gasteiger partial charge is 0.191 e. The zero-order chi connectivity index (χ0) is 12.5. The molecule has 1 heterocycles. The molecule has 0 bridgehead atoms. The summed E-state index contributed by atoms with van der Waals surface area (Å²) in [6.07, 6.45) is 4.77. The number of nitrogens with zero attached hydrogens (tertiary/aromatic N) is 3. The van der Waals surface area contributed by atoms with Gasteiger partial charge in [0.05, 0.1) is 0 Å². The van der Waals surface area contributed by atoms with E-state index in [4.69, 9.17) is 0 Å². The van der Waals surface area contributed by atoms with Gasteiger partial charge in [-0.3, -0.25) is 9.67 Å². The summed E-state index contributed by atoms with van der Waals surface area (Å²) in [6, 6.07) is 2.34. The molecule has 5 heteroatoms. The van der Waals surface area contributed by atoms with Crippen molar-refractivity contribution in [3.8, 4) is 0 Å². The van der Waals surface area contributed by atoms with Crippen molar-refractivity contribution < 1.29 is 0 Å². The zero-order valence-corrected chi connectivity index (χ0v) is 11.0. The Kier molecular flexibility index (Phi) is 6.14. The maximum Gasteiger partial charge on any atom is 0.191 e. The third-order valence-corrected chi connectivity index (χ3v) is 2.14. The molecule has 17 heavy (non-hydrogen) atoms. The Bertz CT molecular complexity index is 316. The molecular weight excluding hydrogens is 214 g/mol. The predicted octanol–water partition coefficient (Wildman–Crippen LogP) is 1.24. The minimum atomic E-state index is 0.402. The van der Waals surface area contributed by atoms with Crippen LogP contribution < -0.4 is 10.6 Å². The van der Waals surface area contributed by atoms with Crippen LogP contribution in [-0.2, 0) is 6.54 Å². The van der Waals surface area contributed by atoms with Gasteiger partial charge in [0.2, 0.25) is 0 Å². The number of aromatic nitrogens is 2. The fourth-order valence-electron chi connectivity index (χ4n) is 1.45. The van der Waals surface area contributed by atoms with Gasteiger partial charge < -0.3 is 10.6 Å². The van der Waals surface area contributed by atoms with Crippen molar-refractivity contribution in [3.63, 3.8) is 0 Å². The molecule has 1 aromatic rings. The van der Waals surface area contributed by atoms with Crippen molar-refractivity contribution in [3.05, 3.63) is 18.5 Å². The van der Waals surface area contributed by atoms with E-state index in [0.717, 1.165) is 32.0 Å². The summed E-state index contributed by atoms with van der Waals surface area (Å²) in [6.45, 7) is 8.89. The van der Waals surface area contributed by atoms with Crippen molar-refractivity contribution in [2.24, 2.45) is 4.99 Å². The Balaban J connectivity index is 2.28. The van der Waals surface area contributed by atoms with Crippen molar-refractivity contribution in [1.82, 2.24) is 20.4 Å². The minimum absolute atomic E-state index is 0.402. The number of rotatable bonds is 6. The highest BCUT2D eigenvalue weighted by atomic mass is 15.3. The summed E-state index contributed by atoms with van der Waals surface area (Å²) in [5.74, 6) is 0.892. The van der Waals surface area contributed by atoms with Gasteiger partial charge in [-0.25, -0.2) is 0 Å². The van der Waals surface area contributed by atoms with Gasteiger partial charge in [-0.2, -0.15) is 5.10 Å². The molecule has 1 aromatic heterocycles. The summed E-state index contributed by atoms with van der Waals surface area (Å²) in [5.41, 5.74) is 0. The van der Waals surface area contributed by atoms with Crippen LogP contribution in [0.15, 0.2) is 23.5 Å². The van der Waals surface area contributed by atoms with E-state index in [9.17, 15) is 0 Å². The lowest BCUT2D eigenvalue weighted by molar-refractivity contribution is 0.583. The van der Waals surface area contributed by atoms with Crippen LogP contribution in [0.5, 0.6) is 0 Å². The van der Waals surface area contributed by atoms with E-state index in [-0.39, 0.29) is 0 Å². The van der Waals surface area contributed by atoms with Crippen LogP contribution in [0.1, 0.15) is 27.2 Å². The van der Waals surface area contributed by atoms with E-state index < -0.39 is 0 Å². The summed E-state index contributed by atoms with van der Waals surface area (Å²) in [7, 11) is 0. The highest BCUT2D eigenvalue weighted by molar-refractivity contribution is 5.79. The average molecular weight is 237 g/mol. The molecular formula is C12H23N5. The summed E-state index contributed by atoms with van der Waals surface area (Å²) >= 11 is 0. The first-order valence-corrected chi connectivity index (χ1v) is 6.24. The molecule has 0 saturated carbocycles. The van der Waals surface area contributed by atoms with Crippen molar-refractivity contribution in [2.75, 3.05) is 13.1 Å². The van der Waals surface area contributed by atoms with Gasteiger partial charge in [-0.1, -0.05) is 0 Å². The van der Waals surface area contributed by atoms with Gasteiger partial charge in [0.25, 0.3) is 0 Å². The molecule has 0 unspecified atom stereocenters. The number of nitrogens with one attached hydrogen (secondary N) is 2. The molecule has 0 amide bonds. The second-order valence-electron chi connectivity index (χ2n) is 4.18. The Hall–Kier alpha value is -1.52. The van der Waals surface area contributed by atoms with Crippen molar-refractivity contribution in [2.45, 2.75) is 39.8 Å². The topological polar surface area (TPSA) is 54.2 Å².